The summed E-state index contributed by atoms with van der Waals surface area (Å²) in [5, 5.41) is 11.6. The number of ether oxygens (including phenoxy) is 1. The third-order valence-electron chi connectivity index (χ3n) is 2.39. The van der Waals surface area contributed by atoms with E-state index in [1.165, 1.54) is 0 Å². The number of hydrogen-bond acceptors (Lipinski definition) is 3. The van der Waals surface area contributed by atoms with Crippen LogP contribution in [-0.4, -0.2) is 11.0 Å². The van der Waals surface area contributed by atoms with Gasteiger partial charge >= 0.3 is 0 Å². The second-order valence-electron chi connectivity index (χ2n) is 3.66. The summed E-state index contributed by atoms with van der Waals surface area (Å²) in [7, 11) is 0. The molecule has 0 spiro atoms. The molecule has 3 N–H and O–H groups in total. The maximum absolute atomic E-state index is 8.66. The van der Waals surface area contributed by atoms with Crippen LogP contribution in [0.2, 0.25) is 0 Å². The second kappa shape index (κ2) is 6.08. The summed E-state index contributed by atoms with van der Waals surface area (Å²) >= 11 is 6.77. The Morgan fingerprint density at radius 3 is 2.47 bits per heavy atom. The highest BCUT2D eigenvalue weighted by Crippen LogP contribution is 2.31. The smallest absolute Gasteiger partial charge is 0.171 e. The highest BCUT2D eigenvalue weighted by atomic mass is 79.9. The van der Waals surface area contributed by atoms with Crippen molar-refractivity contribution in [2.24, 2.45) is 10.9 Å². The lowest BCUT2D eigenvalue weighted by atomic mass is 10.2. The minimum atomic E-state index is 0.0410. The number of oxime groups is 1. The largest absolute Gasteiger partial charge is 0.456 e. The molecule has 0 aromatic heterocycles. The van der Waals surface area contributed by atoms with E-state index in [2.05, 4.69) is 37.0 Å². The Labute approximate surface area is 127 Å². The van der Waals surface area contributed by atoms with Crippen LogP contribution in [0.4, 0.5) is 0 Å². The summed E-state index contributed by atoms with van der Waals surface area (Å²) in [6.07, 6.45) is 0. The van der Waals surface area contributed by atoms with Crippen LogP contribution < -0.4 is 10.5 Å². The van der Waals surface area contributed by atoms with Crippen molar-refractivity contribution in [3.05, 3.63) is 57.0 Å². The summed E-state index contributed by atoms with van der Waals surface area (Å²) < 4.78 is 7.29. The molecule has 6 heteroatoms. The van der Waals surface area contributed by atoms with Crippen LogP contribution in [0.25, 0.3) is 0 Å². The first-order valence-corrected chi connectivity index (χ1v) is 6.90. The fourth-order valence-corrected chi connectivity index (χ4v) is 2.40. The lowest BCUT2D eigenvalue weighted by Gasteiger charge is -2.09. The van der Waals surface area contributed by atoms with Crippen LogP contribution in [0, 0.1) is 0 Å². The quantitative estimate of drug-likeness (QED) is 0.361. The predicted molar refractivity (Wildman–Crippen MR) is 80.9 cm³/mol. The molecule has 0 amide bonds. The maximum atomic E-state index is 8.66. The van der Waals surface area contributed by atoms with Gasteiger partial charge in [0.05, 0.1) is 4.47 Å². The number of nitrogens with two attached hydrogens (primary N) is 1. The molecular weight excluding hydrogens is 376 g/mol. The zero-order valence-electron chi connectivity index (χ0n) is 9.68. The fraction of sp³-hybridized carbons (Fsp3) is 0. The number of halogens is 2. The molecule has 98 valence electrons. The van der Waals surface area contributed by atoms with Gasteiger partial charge in [0.2, 0.25) is 0 Å². The summed E-state index contributed by atoms with van der Waals surface area (Å²) in [5.41, 5.74) is 6.14. The molecule has 0 bridgehead atoms. The van der Waals surface area contributed by atoms with Gasteiger partial charge in [0.1, 0.15) is 11.5 Å². The first-order valence-electron chi connectivity index (χ1n) is 5.31. The molecule has 4 nitrogen and oxygen atoms in total. The van der Waals surface area contributed by atoms with Crippen LogP contribution in [-0.2, 0) is 0 Å². The highest BCUT2D eigenvalue weighted by Gasteiger charge is 2.08. The number of amidine groups is 1. The summed E-state index contributed by atoms with van der Waals surface area (Å²) in [6, 6.07) is 12.8. The molecule has 0 heterocycles. The molecule has 0 saturated carbocycles. The van der Waals surface area contributed by atoms with E-state index in [4.69, 9.17) is 15.7 Å². The predicted octanol–water partition coefficient (Wildman–Crippen LogP) is 4.10. The summed E-state index contributed by atoms with van der Waals surface area (Å²) in [6.45, 7) is 0. The van der Waals surface area contributed by atoms with Crippen molar-refractivity contribution in [2.45, 2.75) is 0 Å². The first-order chi connectivity index (χ1) is 9.11. The van der Waals surface area contributed by atoms with Gasteiger partial charge in [-0.2, -0.15) is 0 Å². The fourth-order valence-electron chi connectivity index (χ4n) is 1.48. The normalized spacial score (nSPS) is 11.4. The van der Waals surface area contributed by atoms with Crippen molar-refractivity contribution >= 4 is 37.7 Å². The van der Waals surface area contributed by atoms with Gasteiger partial charge in [-0.1, -0.05) is 17.3 Å². The number of para-hydroxylation sites is 1. The molecule has 2 aromatic rings. The summed E-state index contributed by atoms with van der Waals surface area (Å²) in [5.74, 6) is 1.40. The Kier molecular flexibility index (Phi) is 4.44. The van der Waals surface area contributed by atoms with Gasteiger partial charge in [-0.25, -0.2) is 0 Å². The van der Waals surface area contributed by atoms with E-state index in [0.717, 1.165) is 4.47 Å². The topological polar surface area (TPSA) is 67.8 Å². The lowest BCUT2D eigenvalue weighted by Crippen LogP contribution is -2.13. The Bertz CT molecular complexity index is 630. The van der Waals surface area contributed by atoms with Gasteiger partial charge in [-0.3, -0.25) is 0 Å². The van der Waals surface area contributed by atoms with Crippen molar-refractivity contribution in [2.75, 3.05) is 0 Å². The van der Waals surface area contributed by atoms with Crippen LogP contribution in [0.3, 0.4) is 0 Å². The monoisotopic (exact) mass is 384 g/mol. The van der Waals surface area contributed by atoms with Crippen LogP contribution >= 0.6 is 31.9 Å². The lowest BCUT2D eigenvalue weighted by molar-refractivity contribution is 0.318. The third kappa shape index (κ3) is 3.27. The Balaban J connectivity index is 2.29. The molecule has 0 fully saturated rings. The van der Waals surface area contributed by atoms with Gasteiger partial charge in [0.25, 0.3) is 0 Å². The molecule has 0 unspecified atom stereocenters. The van der Waals surface area contributed by atoms with Crippen LogP contribution in [0.5, 0.6) is 11.5 Å². The van der Waals surface area contributed by atoms with Gasteiger partial charge in [-0.05, 0) is 62.2 Å². The average Bonchev–Trinajstić information content (AvgIpc) is 2.41. The Hall–Kier alpha value is -1.53. The van der Waals surface area contributed by atoms with E-state index in [0.29, 0.717) is 21.5 Å². The van der Waals surface area contributed by atoms with Gasteiger partial charge < -0.3 is 15.7 Å². The zero-order chi connectivity index (χ0) is 13.8. The highest BCUT2D eigenvalue weighted by molar-refractivity contribution is 9.10. The zero-order valence-corrected chi connectivity index (χ0v) is 12.8. The number of benzene rings is 2. The molecule has 0 aliphatic heterocycles. The minimum absolute atomic E-state index is 0.0410. The van der Waals surface area contributed by atoms with Crippen molar-refractivity contribution in [1.29, 1.82) is 0 Å². The minimum Gasteiger partial charge on any atom is -0.456 e. The van der Waals surface area contributed by atoms with Crippen molar-refractivity contribution in [3.63, 3.8) is 0 Å². The standard InChI is InChI=1S/C13H10Br2N2O2/c14-10-3-1-2-4-12(10)19-8-5-6-9(11(15)7-8)13(16)17-18/h1-7,18H,(H2,16,17). The number of rotatable bonds is 3. The van der Waals surface area contributed by atoms with Crippen molar-refractivity contribution in [1.82, 2.24) is 0 Å². The Morgan fingerprint density at radius 1 is 1.11 bits per heavy atom. The van der Waals surface area contributed by atoms with E-state index < -0.39 is 0 Å². The van der Waals surface area contributed by atoms with E-state index in [9.17, 15) is 0 Å². The molecule has 0 atom stereocenters. The van der Waals surface area contributed by atoms with E-state index in [1.54, 1.807) is 18.2 Å². The molecule has 2 rings (SSSR count). The molecule has 0 saturated heterocycles. The van der Waals surface area contributed by atoms with Crippen LogP contribution in [0.1, 0.15) is 5.56 Å². The second-order valence-corrected chi connectivity index (χ2v) is 5.37. The van der Waals surface area contributed by atoms with Gasteiger partial charge in [-0.15, -0.1) is 0 Å². The Morgan fingerprint density at radius 2 is 1.84 bits per heavy atom. The molecule has 0 aliphatic rings. The van der Waals surface area contributed by atoms with Gasteiger partial charge in [0.15, 0.2) is 5.84 Å². The molecule has 2 aromatic carbocycles. The van der Waals surface area contributed by atoms with E-state index >= 15 is 0 Å². The van der Waals surface area contributed by atoms with E-state index in [-0.39, 0.29) is 5.84 Å². The molecule has 19 heavy (non-hydrogen) atoms. The average molecular weight is 386 g/mol. The number of nitrogens with zero attached hydrogens (tertiary/aromatic N) is 1. The molecule has 0 aliphatic carbocycles. The van der Waals surface area contributed by atoms with Crippen molar-refractivity contribution < 1.29 is 9.94 Å². The first kappa shape index (κ1) is 13.9. The van der Waals surface area contributed by atoms with Crippen LogP contribution in [0.15, 0.2) is 56.6 Å². The van der Waals surface area contributed by atoms with Crippen molar-refractivity contribution in [3.8, 4) is 11.5 Å². The van der Waals surface area contributed by atoms with Gasteiger partial charge in [0, 0.05) is 10.0 Å². The SMILES string of the molecule is N/C(=N/O)c1ccc(Oc2ccccc2Br)cc1Br. The maximum Gasteiger partial charge on any atom is 0.171 e. The van der Waals surface area contributed by atoms with E-state index in [1.807, 2.05) is 24.3 Å². The molecular formula is C13H10Br2N2O2. The molecule has 0 radical (unpaired) electrons. The third-order valence-corrected chi connectivity index (χ3v) is 3.70. The number of hydrogen-bond donors (Lipinski definition) is 2. The summed E-state index contributed by atoms with van der Waals surface area (Å²) in [4.78, 5) is 0.